The van der Waals surface area contributed by atoms with Crippen molar-refractivity contribution < 1.29 is 23.9 Å². The summed E-state index contributed by atoms with van der Waals surface area (Å²) in [5.41, 5.74) is 2.02. The third kappa shape index (κ3) is 4.66. The summed E-state index contributed by atoms with van der Waals surface area (Å²) in [6.45, 7) is 0.240. The molecule has 0 bridgehead atoms. The molecule has 1 aromatic heterocycles. The summed E-state index contributed by atoms with van der Waals surface area (Å²) in [4.78, 5) is 39.5. The molecule has 2 N–H and O–H groups in total. The molecule has 1 atom stereocenters. The monoisotopic (exact) mass is 519 g/mol. The van der Waals surface area contributed by atoms with Gasteiger partial charge in [0.1, 0.15) is 11.7 Å². The van der Waals surface area contributed by atoms with Gasteiger partial charge in [0.15, 0.2) is 11.5 Å². The molecule has 11 heteroatoms. The van der Waals surface area contributed by atoms with Crippen molar-refractivity contribution >= 4 is 35.1 Å². The van der Waals surface area contributed by atoms with Gasteiger partial charge in [-0.1, -0.05) is 47.1 Å². The molecule has 0 unspecified atom stereocenters. The first-order valence-electron chi connectivity index (χ1n) is 11.2. The van der Waals surface area contributed by atoms with Gasteiger partial charge in [-0.15, -0.1) is 5.10 Å². The van der Waals surface area contributed by atoms with Crippen molar-refractivity contribution in [2.75, 3.05) is 11.9 Å². The highest BCUT2D eigenvalue weighted by atomic mass is 35.5. The fourth-order valence-corrected chi connectivity index (χ4v) is 4.44. The molecule has 3 aromatic carbocycles. The lowest BCUT2D eigenvalue weighted by molar-refractivity contribution is -0.121. The van der Waals surface area contributed by atoms with E-state index < -0.39 is 29.6 Å². The largest absolute Gasteiger partial charge is 0.478 e. The molecule has 0 aliphatic carbocycles. The fourth-order valence-electron chi connectivity index (χ4n) is 4.27. The highest BCUT2D eigenvalue weighted by Crippen LogP contribution is 2.32. The van der Waals surface area contributed by atoms with Gasteiger partial charge in [0.2, 0.25) is 0 Å². The Morgan fingerprint density at radius 2 is 1.78 bits per heavy atom. The number of carbonyl (C=O) groups excluding carboxylic acids is 2. The fraction of sp³-hybridized carbons (Fsp3) is 0.115. The van der Waals surface area contributed by atoms with Crippen LogP contribution in [0.15, 0.2) is 72.9 Å². The van der Waals surface area contributed by atoms with Gasteiger partial charge in [0.25, 0.3) is 11.8 Å². The van der Waals surface area contributed by atoms with E-state index in [4.69, 9.17) is 16.7 Å². The van der Waals surface area contributed by atoms with Crippen LogP contribution in [0.2, 0.25) is 5.02 Å². The summed E-state index contributed by atoms with van der Waals surface area (Å²) in [5.74, 6) is -2.81. The summed E-state index contributed by atoms with van der Waals surface area (Å²) in [5, 5.41) is 19.6. The van der Waals surface area contributed by atoms with Crippen molar-refractivity contribution in [3.05, 3.63) is 106 Å². The molecule has 4 aromatic rings. The van der Waals surface area contributed by atoms with Crippen LogP contribution in [-0.2, 0) is 11.2 Å². The topological polar surface area (TPSA) is 117 Å². The lowest BCUT2D eigenvalue weighted by atomic mass is 9.91. The zero-order chi connectivity index (χ0) is 26.1. The number of aromatic carboxylic acids is 1. The smallest absolute Gasteiger partial charge is 0.335 e. The predicted octanol–water partition coefficient (Wildman–Crippen LogP) is 4.14. The van der Waals surface area contributed by atoms with Crippen molar-refractivity contribution in [2.24, 2.45) is 0 Å². The molecule has 2 amide bonds. The van der Waals surface area contributed by atoms with E-state index in [-0.39, 0.29) is 28.5 Å². The van der Waals surface area contributed by atoms with Gasteiger partial charge in [-0.05, 0) is 53.9 Å². The summed E-state index contributed by atoms with van der Waals surface area (Å²) in [6, 6.07) is 16.5. The highest BCUT2D eigenvalue weighted by Gasteiger charge is 2.37. The van der Waals surface area contributed by atoms with Crippen molar-refractivity contribution in [3.8, 4) is 5.69 Å². The number of aromatic nitrogens is 3. The number of benzene rings is 3. The van der Waals surface area contributed by atoms with Crippen LogP contribution in [0, 0.1) is 5.82 Å². The molecule has 37 heavy (non-hydrogen) atoms. The summed E-state index contributed by atoms with van der Waals surface area (Å²) < 4.78 is 15.6. The Kier molecular flexibility index (Phi) is 6.41. The number of carboxylic acid groups (broad SMARTS) is 1. The third-order valence-corrected chi connectivity index (χ3v) is 6.37. The maximum absolute atomic E-state index is 14.5. The van der Waals surface area contributed by atoms with E-state index in [1.165, 1.54) is 47.5 Å². The summed E-state index contributed by atoms with van der Waals surface area (Å²) >= 11 is 5.86. The minimum absolute atomic E-state index is 0.0298. The number of nitrogens with zero attached hydrogens (tertiary/aromatic N) is 4. The van der Waals surface area contributed by atoms with E-state index in [9.17, 15) is 18.8 Å². The van der Waals surface area contributed by atoms with Crippen LogP contribution in [0.25, 0.3) is 5.69 Å². The van der Waals surface area contributed by atoms with E-state index in [1.54, 1.807) is 18.2 Å². The first-order chi connectivity index (χ1) is 17.8. The average molecular weight is 520 g/mol. The number of halogens is 2. The quantitative estimate of drug-likeness (QED) is 0.409. The maximum atomic E-state index is 14.5. The SMILES string of the molecule is O=C(O)c1ccc(NC(=O)[C@@H]2c3ccccc3CCN2C(=O)c2cn(-c3cccc(Cl)c3F)nn2)cc1. The molecular weight excluding hydrogens is 501 g/mol. The Balaban J connectivity index is 1.45. The first kappa shape index (κ1) is 24.1. The van der Waals surface area contributed by atoms with Gasteiger partial charge in [0, 0.05) is 12.2 Å². The Hall–Kier alpha value is -4.57. The molecule has 5 rings (SSSR count). The van der Waals surface area contributed by atoms with Crippen LogP contribution in [-0.4, -0.2) is 49.3 Å². The lowest BCUT2D eigenvalue weighted by Gasteiger charge is -2.36. The number of rotatable bonds is 5. The normalized spacial score (nSPS) is 14.6. The second-order valence-electron chi connectivity index (χ2n) is 8.34. The second-order valence-corrected chi connectivity index (χ2v) is 8.75. The highest BCUT2D eigenvalue weighted by molar-refractivity contribution is 6.30. The molecule has 2 heterocycles. The van der Waals surface area contributed by atoms with E-state index in [2.05, 4.69) is 15.6 Å². The van der Waals surface area contributed by atoms with Crippen molar-refractivity contribution in [1.82, 2.24) is 19.9 Å². The first-order valence-corrected chi connectivity index (χ1v) is 11.6. The zero-order valence-electron chi connectivity index (χ0n) is 19.1. The number of amides is 2. The Morgan fingerprint density at radius 3 is 2.54 bits per heavy atom. The standard InChI is InChI=1S/C26H19ClFN5O4/c27-19-6-3-7-21(22(19)28)33-14-20(30-31-33)25(35)32-13-12-15-4-1-2-5-18(15)23(32)24(34)29-17-10-8-16(9-11-17)26(36)37/h1-11,14,23H,12-13H2,(H,29,34)(H,36,37)/t23-/m0/s1. The van der Waals surface area contributed by atoms with Crippen molar-refractivity contribution in [3.63, 3.8) is 0 Å². The van der Waals surface area contributed by atoms with Gasteiger partial charge in [0.05, 0.1) is 16.8 Å². The van der Waals surface area contributed by atoms with Gasteiger partial charge in [-0.25, -0.2) is 13.9 Å². The molecule has 0 fully saturated rings. The molecule has 186 valence electrons. The average Bonchev–Trinajstić information content (AvgIpc) is 3.39. The Bertz CT molecular complexity index is 1520. The molecule has 0 saturated heterocycles. The van der Waals surface area contributed by atoms with Crippen LogP contribution < -0.4 is 5.32 Å². The Morgan fingerprint density at radius 1 is 1.03 bits per heavy atom. The van der Waals surface area contributed by atoms with Crippen LogP contribution >= 0.6 is 11.6 Å². The van der Waals surface area contributed by atoms with E-state index >= 15 is 0 Å². The maximum Gasteiger partial charge on any atom is 0.335 e. The molecular formula is C26H19ClFN5O4. The minimum atomic E-state index is -1.08. The van der Waals surface area contributed by atoms with Crippen LogP contribution in [0.1, 0.15) is 38.0 Å². The third-order valence-electron chi connectivity index (χ3n) is 6.08. The van der Waals surface area contributed by atoms with Gasteiger partial charge < -0.3 is 15.3 Å². The minimum Gasteiger partial charge on any atom is -0.478 e. The van der Waals surface area contributed by atoms with Crippen LogP contribution in [0.5, 0.6) is 0 Å². The van der Waals surface area contributed by atoms with Gasteiger partial charge >= 0.3 is 5.97 Å². The number of carboxylic acids is 1. The number of fused-ring (bicyclic) bond motifs is 1. The van der Waals surface area contributed by atoms with Crippen LogP contribution in [0.3, 0.4) is 0 Å². The number of nitrogens with one attached hydrogen (secondary N) is 1. The molecule has 0 radical (unpaired) electrons. The number of anilines is 1. The van der Waals surface area contributed by atoms with Crippen LogP contribution in [0.4, 0.5) is 10.1 Å². The summed E-state index contributed by atoms with van der Waals surface area (Å²) in [6.07, 6.45) is 1.81. The lowest BCUT2D eigenvalue weighted by Crippen LogP contribution is -2.45. The number of hydrogen-bond donors (Lipinski definition) is 2. The van der Waals surface area contributed by atoms with E-state index in [0.717, 1.165) is 10.2 Å². The van der Waals surface area contributed by atoms with Gasteiger partial charge in [-0.3, -0.25) is 9.59 Å². The Labute approximate surface area is 215 Å². The molecule has 9 nitrogen and oxygen atoms in total. The van der Waals surface area contributed by atoms with E-state index in [0.29, 0.717) is 17.7 Å². The molecule has 1 aliphatic heterocycles. The second kappa shape index (κ2) is 9.82. The van der Waals surface area contributed by atoms with Crippen molar-refractivity contribution in [2.45, 2.75) is 12.5 Å². The summed E-state index contributed by atoms with van der Waals surface area (Å²) in [7, 11) is 0. The number of hydrogen-bond acceptors (Lipinski definition) is 5. The van der Waals surface area contributed by atoms with Crippen molar-refractivity contribution in [1.29, 1.82) is 0 Å². The molecule has 1 aliphatic rings. The molecule has 0 spiro atoms. The predicted molar refractivity (Wildman–Crippen MR) is 132 cm³/mol. The zero-order valence-corrected chi connectivity index (χ0v) is 19.9. The van der Waals surface area contributed by atoms with E-state index in [1.807, 2.05) is 12.1 Å². The van der Waals surface area contributed by atoms with Gasteiger partial charge in [-0.2, -0.15) is 0 Å². The number of carbonyl (C=O) groups is 3. The molecule has 0 saturated carbocycles.